The van der Waals surface area contributed by atoms with Crippen LogP contribution in [0, 0.1) is 0 Å². The van der Waals surface area contributed by atoms with Crippen LogP contribution in [0.15, 0.2) is 41.3 Å². The molecule has 0 bridgehead atoms. The molecule has 140 valence electrons. The number of fused-ring (bicyclic) bond motifs is 3. The van der Waals surface area contributed by atoms with Crippen LogP contribution < -0.4 is 20.9 Å². The van der Waals surface area contributed by atoms with E-state index in [0.717, 1.165) is 30.8 Å². The summed E-state index contributed by atoms with van der Waals surface area (Å²) in [7, 11) is -3.63. The van der Waals surface area contributed by atoms with Gasteiger partial charge in [-0.1, -0.05) is 23.2 Å². The zero-order valence-electron chi connectivity index (χ0n) is 13.8. The summed E-state index contributed by atoms with van der Waals surface area (Å²) in [6, 6.07) is 9.84. The maximum Gasteiger partial charge on any atom is 0.238 e. The minimum Gasteiger partial charge on any atom is -0.488 e. The molecule has 6 nitrogen and oxygen atoms in total. The molecule has 0 aromatic heterocycles. The lowest BCUT2D eigenvalue weighted by Crippen LogP contribution is -2.39. The van der Waals surface area contributed by atoms with Crippen molar-refractivity contribution in [2.75, 3.05) is 18.8 Å². The summed E-state index contributed by atoms with van der Waals surface area (Å²) in [5, 5.41) is 9.44. The number of nitrogen functional groups attached to an aromatic ring is 1. The van der Waals surface area contributed by atoms with E-state index < -0.39 is 10.0 Å². The van der Waals surface area contributed by atoms with E-state index >= 15 is 0 Å². The fraction of sp³-hybridized carbons (Fsp3) is 0.294. The second kappa shape index (κ2) is 7.62. The van der Waals surface area contributed by atoms with Crippen molar-refractivity contribution in [3.63, 3.8) is 0 Å². The molecule has 2 heterocycles. The van der Waals surface area contributed by atoms with Gasteiger partial charge in [0, 0.05) is 23.7 Å². The monoisotopic (exact) mass is 415 g/mol. The molecule has 0 radical (unpaired) electrons. The summed E-state index contributed by atoms with van der Waals surface area (Å²) in [5.41, 5.74) is 6.99. The third-order valence-corrected chi connectivity index (χ3v) is 6.01. The van der Waals surface area contributed by atoms with Crippen LogP contribution in [-0.2, 0) is 10.0 Å². The number of benzene rings is 2. The molecule has 2 aromatic carbocycles. The molecule has 2 aliphatic heterocycles. The highest BCUT2D eigenvalue weighted by atomic mass is 35.5. The molecule has 0 saturated carbocycles. The van der Waals surface area contributed by atoms with Crippen LogP contribution in [-0.4, -0.2) is 27.6 Å². The van der Waals surface area contributed by atoms with Gasteiger partial charge in [0.25, 0.3) is 0 Å². The van der Waals surface area contributed by atoms with Gasteiger partial charge in [0.2, 0.25) is 10.0 Å². The first kappa shape index (κ1) is 19.3. The van der Waals surface area contributed by atoms with Crippen molar-refractivity contribution < 1.29 is 13.2 Å². The number of rotatable bonds is 1. The molecule has 0 amide bonds. The second-order valence-corrected chi connectivity index (χ2v) is 8.55. The average Bonchev–Trinajstić information content (AvgIpc) is 2.96. The van der Waals surface area contributed by atoms with Crippen molar-refractivity contribution >= 4 is 38.9 Å². The highest BCUT2D eigenvalue weighted by Gasteiger charge is 2.36. The van der Waals surface area contributed by atoms with Crippen LogP contribution in [0.25, 0.3) is 0 Å². The van der Waals surface area contributed by atoms with Gasteiger partial charge < -0.3 is 15.8 Å². The van der Waals surface area contributed by atoms with Gasteiger partial charge in [-0.25, -0.2) is 13.6 Å². The van der Waals surface area contributed by atoms with Crippen LogP contribution in [0.1, 0.15) is 17.9 Å². The molecule has 0 aliphatic carbocycles. The van der Waals surface area contributed by atoms with E-state index in [1.54, 1.807) is 30.3 Å². The Morgan fingerprint density at radius 3 is 2.54 bits per heavy atom. The number of nitrogens with one attached hydrogen (secondary N) is 1. The van der Waals surface area contributed by atoms with Gasteiger partial charge in [0.1, 0.15) is 11.9 Å². The lowest BCUT2D eigenvalue weighted by molar-refractivity contribution is 0.177. The summed E-state index contributed by atoms with van der Waals surface area (Å²) >= 11 is 11.2. The Bertz CT molecular complexity index is 921. The van der Waals surface area contributed by atoms with Crippen LogP contribution in [0.4, 0.5) is 5.69 Å². The first-order chi connectivity index (χ1) is 12.3. The molecule has 1 saturated heterocycles. The number of primary sulfonamides is 1. The van der Waals surface area contributed by atoms with Crippen molar-refractivity contribution in [1.82, 2.24) is 5.32 Å². The molecular formula is C17H19Cl2N3O3S. The van der Waals surface area contributed by atoms with Crippen molar-refractivity contribution in [1.29, 1.82) is 0 Å². The zero-order chi connectivity index (χ0) is 18.9. The fourth-order valence-corrected chi connectivity index (χ4v) is 3.94. The molecule has 4 rings (SSSR count). The Kier molecular flexibility index (Phi) is 5.64. The topological polar surface area (TPSA) is 107 Å². The van der Waals surface area contributed by atoms with Gasteiger partial charge in [-0.3, -0.25) is 0 Å². The largest absolute Gasteiger partial charge is 0.488 e. The van der Waals surface area contributed by atoms with Gasteiger partial charge >= 0.3 is 0 Å². The van der Waals surface area contributed by atoms with E-state index in [2.05, 4.69) is 5.32 Å². The lowest BCUT2D eigenvalue weighted by atomic mass is 9.90. The molecule has 2 aromatic rings. The van der Waals surface area contributed by atoms with Gasteiger partial charge in [-0.15, -0.1) is 0 Å². The molecule has 0 spiro atoms. The highest BCUT2D eigenvalue weighted by molar-refractivity contribution is 7.89. The third-order valence-electron chi connectivity index (χ3n) is 4.36. The molecule has 1 fully saturated rings. The molecular weight excluding hydrogens is 397 g/mol. The first-order valence-electron chi connectivity index (χ1n) is 8.00. The Balaban J connectivity index is 0.000000185. The SMILES string of the molecule is NS(=O)(=O)c1ccc2c(c1)C1CCNCC1O2.Nc1ccc(Cl)c(Cl)c1. The zero-order valence-corrected chi connectivity index (χ0v) is 16.1. The van der Waals surface area contributed by atoms with Crippen molar-refractivity contribution in [2.24, 2.45) is 5.14 Å². The standard InChI is InChI=1S/C11H14N2O3S.C6H5Cl2N/c12-17(14,15)7-1-2-10-9(5-7)8-3-4-13-6-11(8)16-10;7-5-2-1-4(9)3-6(5)8/h1-2,5,8,11,13H,3-4,6H2,(H2,12,14,15);1-3H,9H2. The Morgan fingerprint density at radius 2 is 1.88 bits per heavy atom. The fourth-order valence-electron chi connectivity index (χ4n) is 3.09. The summed E-state index contributed by atoms with van der Waals surface area (Å²) in [5.74, 6) is 1.07. The maximum atomic E-state index is 11.3. The Morgan fingerprint density at radius 1 is 1.12 bits per heavy atom. The van der Waals surface area contributed by atoms with E-state index in [1.165, 1.54) is 6.07 Å². The predicted molar refractivity (Wildman–Crippen MR) is 103 cm³/mol. The third kappa shape index (κ3) is 4.24. The molecule has 9 heteroatoms. The summed E-state index contributed by atoms with van der Waals surface area (Å²) in [4.78, 5) is 0.166. The number of ether oxygens (including phenoxy) is 1. The van der Waals surface area contributed by atoms with Crippen LogP contribution >= 0.6 is 23.2 Å². The minimum absolute atomic E-state index is 0.120. The quantitative estimate of drug-likeness (QED) is 0.620. The number of sulfonamides is 1. The molecule has 2 atom stereocenters. The van der Waals surface area contributed by atoms with Crippen LogP contribution in [0.5, 0.6) is 5.75 Å². The van der Waals surface area contributed by atoms with Gasteiger partial charge in [0.05, 0.1) is 14.9 Å². The summed E-state index contributed by atoms with van der Waals surface area (Å²) in [6.45, 7) is 1.74. The van der Waals surface area contributed by atoms with E-state index in [-0.39, 0.29) is 16.9 Å². The van der Waals surface area contributed by atoms with Gasteiger partial charge in [-0.05, 0) is 49.4 Å². The molecule has 26 heavy (non-hydrogen) atoms. The van der Waals surface area contributed by atoms with E-state index in [9.17, 15) is 8.42 Å². The molecule has 5 N–H and O–H groups in total. The number of hydrogen-bond donors (Lipinski definition) is 3. The van der Waals surface area contributed by atoms with E-state index in [1.807, 2.05) is 0 Å². The number of halogens is 2. The summed E-state index contributed by atoms with van der Waals surface area (Å²) < 4.78 is 28.4. The Labute approximate surface area is 162 Å². The smallest absolute Gasteiger partial charge is 0.238 e. The highest BCUT2D eigenvalue weighted by Crippen LogP contribution is 2.42. The van der Waals surface area contributed by atoms with Crippen LogP contribution in [0.2, 0.25) is 10.0 Å². The van der Waals surface area contributed by atoms with Crippen molar-refractivity contribution in [3.8, 4) is 5.75 Å². The molecule has 2 unspecified atom stereocenters. The molecule has 2 aliphatic rings. The van der Waals surface area contributed by atoms with E-state index in [4.69, 9.17) is 38.8 Å². The number of hydrogen-bond acceptors (Lipinski definition) is 5. The second-order valence-electron chi connectivity index (χ2n) is 6.17. The van der Waals surface area contributed by atoms with Gasteiger partial charge in [-0.2, -0.15) is 0 Å². The van der Waals surface area contributed by atoms with Crippen LogP contribution in [0.3, 0.4) is 0 Å². The minimum atomic E-state index is -3.63. The number of nitrogens with two attached hydrogens (primary N) is 2. The normalized spacial score (nSPS) is 21.0. The number of anilines is 1. The first-order valence-corrected chi connectivity index (χ1v) is 10.3. The maximum absolute atomic E-state index is 11.3. The van der Waals surface area contributed by atoms with Crippen molar-refractivity contribution in [2.45, 2.75) is 23.3 Å². The van der Waals surface area contributed by atoms with Gasteiger partial charge in [0.15, 0.2) is 0 Å². The van der Waals surface area contributed by atoms with E-state index in [0.29, 0.717) is 15.7 Å². The summed E-state index contributed by atoms with van der Waals surface area (Å²) in [6.07, 6.45) is 1.08. The predicted octanol–water partition coefficient (Wildman–Crippen LogP) is 2.75. The Hall–Kier alpha value is -1.51. The number of piperidine rings is 1. The van der Waals surface area contributed by atoms with Crippen molar-refractivity contribution in [3.05, 3.63) is 52.0 Å². The average molecular weight is 416 g/mol. The lowest BCUT2D eigenvalue weighted by Gasteiger charge is -2.24.